The molecule has 1 aromatic carbocycles. The van der Waals surface area contributed by atoms with Crippen LogP contribution in [0, 0.1) is 11.8 Å². The van der Waals surface area contributed by atoms with E-state index in [1.807, 2.05) is 18.2 Å². The molecule has 0 amide bonds. The summed E-state index contributed by atoms with van der Waals surface area (Å²) in [6.07, 6.45) is -2.64. The van der Waals surface area contributed by atoms with Crippen LogP contribution < -0.4 is 5.73 Å². The lowest BCUT2D eigenvalue weighted by Gasteiger charge is -2.09. The number of halogens is 3. The van der Waals surface area contributed by atoms with Crippen LogP contribution in [0.15, 0.2) is 48.7 Å². The van der Waals surface area contributed by atoms with Crippen LogP contribution in [0.2, 0.25) is 0 Å². The summed E-state index contributed by atoms with van der Waals surface area (Å²) in [4.78, 5) is 16.2. The van der Waals surface area contributed by atoms with Crippen molar-refractivity contribution in [2.24, 2.45) is 5.73 Å². The molecule has 0 radical (unpaired) electrons. The number of hydrogen-bond acceptors (Lipinski definition) is 5. The number of benzene rings is 1. The fourth-order valence-corrected chi connectivity index (χ4v) is 3.68. The molecule has 31 heavy (non-hydrogen) atoms. The third kappa shape index (κ3) is 5.81. The first-order valence-electron chi connectivity index (χ1n) is 9.44. The van der Waals surface area contributed by atoms with Crippen LogP contribution in [0.4, 0.5) is 13.2 Å². The van der Waals surface area contributed by atoms with Gasteiger partial charge in [-0.05, 0) is 43.2 Å². The van der Waals surface area contributed by atoms with E-state index >= 15 is 0 Å². The first kappa shape index (κ1) is 22.7. The van der Waals surface area contributed by atoms with E-state index in [1.54, 1.807) is 17.5 Å². The Kier molecular flexibility index (Phi) is 7.25. The maximum absolute atomic E-state index is 13.0. The number of esters is 1. The van der Waals surface area contributed by atoms with E-state index in [1.165, 1.54) is 23.9 Å². The fraction of sp³-hybridized carbons (Fsp3) is 0.273. The van der Waals surface area contributed by atoms with Gasteiger partial charge < -0.3 is 10.5 Å². The lowest BCUT2D eigenvalue weighted by Crippen LogP contribution is -2.34. The highest BCUT2D eigenvalue weighted by Gasteiger charge is 2.30. The van der Waals surface area contributed by atoms with Crippen molar-refractivity contribution in [1.29, 1.82) is 0 Å². The normalized spacial score (nSPS) is 12.3. The largest absolute Gasteiger partial charge is 0.465 e. The molecule has 3 aromatic rings. The van der Waals surface area contributed by atoms with Crippen LogP contribution in [-0.2, 0) is 21.5 Å². The zero-order valence-corrected chi connectivity index (χ0v) is 17.5. The van der Waals surface area contributed by atoms with Crippen molar-refractivity contribution in [3.63, 3.8) is 0 Å². The number of aromatic nitrogens is 2. The molecule has 0 aliphatic carbocycles. The van der Waals surface area contributed by atoms with Crippen molar-refractivity contribution in [2.45, 2.75) is 24.9 Å². The fourth-order valence-electron chi connectivity index (χ4n) is 2.78. The second-order valence-corrected chi connectivity index (χ2v) is 7.57. The molecule has 0 spiro atoms. The molecule has 3 rings (SSSR count). The Morgan fingerprint density at radius 2 is 2.06 bits per heavy atom. The third-order valence-corrected chi connectivity index (χ3v) is 5.32. The van der Waals surface area contributed by atoms with Gasteiger partial charge in [0.25, 0.3) is 0 Å². The number of carbonyl (C=O) groups excluding carboxylic acids is 1. The Morgan fingerprint density at radius 1 is 1.26 bits per heavy atom. The summed E-state index contributed by atoms with van der Waals surface area (Å²) in [5, 5.41) is 0. The van der Waals surface area contributed by atoms with Crippen molar-refractivity contribution < 1.29 is 22.7 Å². The number of ether oxygens (including phenoxy) is 1. The first-order chi connectivity index (χ1) is 14.8. The first-order valence-corrected chi connectivity index (χ1v) is 10.6. The van der Waals surface area contributed by atoms with Gasteiger partial charge in [-0.15, -0.1) is 0 Å². The van der Waals surface area contributed by atoms with Gasteiger partial charge in [0.2, 0.25) is 0 Å². The minimum absolute atomic E-state index is 0.253. The van der Waals surface area contributed by atoms with Gasteiger partial charge in [0.05, 0.1) is 17.9 Å². The Labute approximate surface area is 181 Å². The maximum Gasteiger partial charge on any atom is 0.416 e. The quantitative estimate of drug-likeness (QED) is 0.459. The molecule has 0 unspecified atom stereocenters. The second-order valence-electron chi connectivity index (χ2n) is 6.54. The van der Waals surface area contributed by atoms with Crippen LogP contribution >= 0.6 is 11.8 Å². The highest BCUT2D eigenvalue weighted by Crippen LogP contribution is 2.29. The molecule has 2 aromatic heterocycles. The standard InChI is InChI=1S/C22H20F3N3O2S/c1-2-30-21(29)17(26)13-31-14-18-19(28-11-4-3-8-20(28)27-18)10-9-15-6-5-7-16(12-15)22(23,24)25/h3-8,11-12,17H,2,13-14,26H2,1H3/t17-/m0/s1. The topological polar surface area (TPSA) is 69.6 Å². The zero-order valence-electron chi connectivity index (χ0n) is 16.6. The number of carbonyl (C=O) groups is 1. The van der Waals surface area contributed by atoms with Gasteiger partial charge in [-0.25, -0.2) is 4.98 Å². The number of rotatable bonds is 6. The monoisotopic (exact) mass is 447 g/mol. The summed E-state index contributed by atoms with van der Waals surface area (Å²) in [5.74, 6) is 6.08. The summed E-state index contributed by atoms with van der Waals surface area (Å²) < 4.78 is 45.5. The van der Waals surface area contributed by atoms with Gasteiger partial charge in [0, 0.05) is 23.3 Å². The minimum atomic E-state index is -4.43. The number of imidazole rings is 1. The van der Waals surface area contributed by atoms with Crippen molar-refractivity contribution >= 4 is 23.4 Å². The molecule has 0 saturated heterocycles. The van der Waals surface area contributed by atoms with Crippen LogP contribution in [0.3, 0.4) is 0 Å². The van der Waals surface area contributed by atoms with Crippen LogP contribution in [0.5, 0.6) is 0 Å². The Morgan fingerprint density at radius 3 is 2.81 bits per heavy atom. The predicted molar refractivity (Wildman–Crippen MR) is 113 cm³/mol. The number of thioether (sulfide) groups is 1. The summed E-state index contributed by atoms with van der Waals surface area (Å²) in [5.41, 5.74) is 7.23. The van der Waals surface area contributed by atoms with E-state index in [-0.39, 0.29) is 12.2 Å². The van der Waals surface area contributed by atoms with Crippen LogP contribution in [0.1, 0.15) is 29.4 Å². The van der Waals surface area contributed by atoms with E-state index in [0.717, 1.165) is 12.1 Å². The average Bonchev–Trinajstić information content (AvgIpc) is 3.09. The highest BCUT2D eigenvalue weighted by molar-refractivity contribution is 7.98. The SMILES string of the molecule is CCOC(=O)[C@@H](N)CSCc1nc2ccccn2c1C#Cc1cccc(C(F)(F)F)c1. The van der Waals surface area contributed by atoms with Crippen molar-refractivity contribution in [2.75, 3.05) is 12.4 Å². The summed E-state index contributed by atoms with van der Waals surface area (Å²) in [6, 6.07) is 9.59. The molecular weight excluding hydrogens is 427 g/mol. The minimum Gasteiger partial charge on any atom is -0.465 e. The van der Waals surface area contributed by atoms with E-state index < -0.39 is 23.8 Å². The molecule has 0 aliphatic rings. The van der Waals surface area contributed by atoms with Crippen LogP contribution in [0.25, 0.3) is 5.65 Å². The molecule has 1 atom stereocenters. The van der Waals surface area contributed by atoms with Gasteiger partial charge in [-0.1, -0.05) is 18.1 Å². The highest BCUT2D eigenvalue weighted by atomic mass is 32.2. The van der Waals surface area contributed by atoms with E-state index in [2.05, 4.69) is 16.8 Å². The number of alkyl halides is 3. The van der Waals surface area contributed by atoms with Crippen molar-refractivity contribution in [3.05, 3.63) is 71.2 Å². The number of hydrogen-bond donors (Lipinski definition) is 1. The third-order valence-electron chi connectivity index (χ3n) is 4.24. The Balaban J connectivity index is 1.84. The lowest BCUT2D eigenvalue weighted by molar-refractivity contribution is -0.144. The maximum atomic E-state index is 13.0. The van der Waals surface area contributed by atoms with E-state index in [4.69, 9.17) is 10.5 Å². The van der Waals surface area contributed by atoms with Gasteiger partial charge in [-0.3, -0.25) is 9.20 Å². The van der Waals surface area contributed by atoms with Crippen molar-refractivity contribution in [3.8, 4) is 11.8 Å². The number of pyridine rings is 1. The van der Waals surface area contributed by atoms with E-state index in [9.17, 15) is 18.0 Å². The molecule has 5 nitrogen and oxygen atoms in total. The lowest BCUT2D eigenvalue weighted by atomic mass is 10.1. The second kappa shape index (κ2) is 9.90. The molecule has 0 aliphatic heterocycles. The molecular formula is C22H20F3N3O2S. The van der Waals surface area contributed by atoms with Crippen molar-refractivity contribution in [1.82, 2.24) is 9.38 Å². The summed E-state index contributed by atoms with van der Waals surface area (Å²) >= 11 is 1.41. The van der Waals surface area contributed by atoms with Gasteiger partial charge in [-0.2, -0.15) is 24.9 Å². The van der Waals surface area contributed by atoms with Crippen LogP contribution in [-0.4, -0.2) is 33.8 Å². The smallest absolute Gasteiger partial charge is 0.416 e. The average molecular weight is 447 g/mol. The van der Waals surface area contributed by atoms with Gasteiger partial charge in [0.15, 0.2) is 0 Å². The molecule has 9 heteroatoms. The summed E-state index contributed by atoms with van der Waals surface area (Å²) in [6.45, 7) is 1.97. The molecule has 2 N–H and O–H groups in total. The molecule has 162 valence electrons. The van der Waals surface area contributed by atoms with Gasteiger partial charge >= 0.3 is 12.1 Å². The molecule has 2 heterocycles. The molecule has 0 fully saturated rings. The molecule has 0 bridgehead atoms. The predicted octanol–water partition coefficient (Wildman–Crippen LogP) is 3.88. The number of fused-ring (bicyclic) bond motifs is 1. The Bertz CT molecular complexity index is 1130. The van der Waals surface area contributed by atoms with Gasteiger partial charge in [0.1, 0.15) is 17.4 Å². The Hall–Kier alpha value is -2.96. The molecule has 0 saturated carbocycles. The van der Waals surface area contributed by atoms with E-state index in [0.29, 0.717) is 28.5 Å². The summed E-state index contributed by atoms with van der Waals surface area (Å²) in [7, 11) is 0. The number of nitrogens with two attached hydrogens (primary N) is 1. The number of nitrogens with zero attached hydrogens (tertiary/aromatic N) is 2. The zero-order chi connectivity index (χ0) is 22.4.